The molecule has 1 N–H and O–H groups in total. The number of ether oxygens (including phenoxy) is 1. The SMILES string of the molecule is CCC(C#N)Oc1ccc(Br)c(CNC2CC2)c1. The summed E-state index contributed by atoms with van der Waals surface area (Å²) in [5.41, 5.74) is 1.17. The lowest BCUT2D eigenvalue weighted by Crippen LogP contribution is -2.16. The van der Waals surface area contributed by atoms with E-state index in [-0.39, 0.29) is 6.10 Å². The largest absolute Gasteiger partial charge is 0.476 e. The van der Waals surface area contributed by atoms with E-state index in [9.17, 15) is 0 Å². The van der Waals surface area contributed by atoms with Crippen molar-refractivity contribution in [3.8, 4) is 11.8 Å². The molecule has 3 nitrogen and oxygen atoms in total. The molecule has 1 aliphatic rings. The highest BCUT2D eigenvalue weighted by Crippen LogP contribution is 2.25. The molecule has 1 saturated carbocycles. The van der Waals surface area contributed by atoms with Crippen LogP contribution in [0.1, 0.15) is 31.7 Å². The van der Waals surface area contributed by atoms with Crippen LogP contribution in [-0.2, 0) is 6.54 Å². The van der Waals surface area contributed by atoms with E-state index in [1.54, 1.807) is 0 Å². The van der Waals surface area contributed by atoms with Crippen LogP contribution in [0.3, 0.4) is 0 Å². The normalized spacial score (nSPS) is 16.1. The van der Waals surface area contributed by atoms with E-state index in [0.29, 0.717) is 12.5 Å². The van der Waals surface area contributed by atoms with E-state index in [4.69, 9.17) is 10.00 Å². The van der Waals surface area contributed by atoms with Gasteiger partial charge in [0.2, 0.25) is 0 Å². The fraction of sp³-hybridized carbons (Fsp3) is 0.500. The summed E-state index contributed by atoms with van der Waals surface area (Å²) in [5.74, 6) is 0.763. The summed E-state index contributed by atoms with van der Waals surface area (Å²) in [4.78, 5) is 0. The van der Waals surface area contributed by atoms with Crippen molar-refractivity contribution in [3.05, 3.63) is 28.2 Å². The number of halogens is 1. The van der Waals surface area contributed by atoms with Crippen LogP contribution in [0.4, 0.5) is 0 Å². The maximum Gasteiger partial charge on any atom is 0.184 e. The second-order valence-electron chi connectivity index (χ2n) is 4.55. The van der Waals surface area contributed by atoms with Crippen LogP contribution in [0.15, 0.2) is 22.7 Å². The van der Waals surface area contributed by atoms with E-state index in [1.165, 1.54) is 18.4 Å². The topological polar surface area (TPSA) is 45.0 Å². The number of nitriles is 1. The van der Waals surface area contributed by atoms with E-state index >= 15 is 0 Å². The Bertz CT molecular complexity index is 452. The molecule has 4 heteroatoms. The maximum absolute atomic E-state index is 8.90. The number of rotatable bonds is 6. The fourth-order valence-corrected chi connectivity index (χ4v) is 2.05. The molecule has 1 aliphatic carbocycles. The molecule has 0 radical (unpaired) electrons. The lowest BCUT2D eigenvalue weighted by molar-refractivity contribution is 0.251. The highest BCUT2D eigenvalue weighted by molar-refractivity contribution is 9.10. The van der Waals surface area contributed by atoms with Crippen LogP contribution in [-0.4, -0.2) is 12.1 Å². The van der Waals surface area contributed by atoms with Crippen molar-refractivity contribution in [2.24, 2.45) is 0 Å². The van der Waals surface area contributed by atoms with Gasteiger partial charge in [-0.3, -0.25) is 0 Å². The molecular weight excluding hydrogens is 292 g/mol. The molecule has 0 aliphatic heterocycles. The van der Waals surface area contributed by atoms with Gasteiger partial charge in [-0.05, 0) is 43.0 Å². The van der Waals surface area contributed by atoms with Crippen molar-refractivity contribution in [2.45, 2.75) is 44.9 Å². The van der Waals surface area contributed by atoms with Crippen molar-refractivity contribution >= 4 is 15.9 Å². The summed E-state index contributed by atoms with van der Waals surface area (Å²) in [5, 5.41) is 12.4. The summed E-state index contributed by atoms with van der Waals surface area (Å²) in [7, 11) is 0. The Labute approximate surface area is 116 Å². The van der Waals surface area contributed by atoms with Crippen molar-refractivity contribution in [2.75, 3.05) is 0 Å². The lowest BCUT2D eigenvalue weighted by atomic mass is 10.2. The van der Waals surface area contributed by atoms with Crippen LogP contribution >= 0.6 is 15.9 Å². The van der Waals surface area contributed by atoms with Crippen molar-refractivity contribution < 1.29 is 4.74 Å². The highest BCUT2D eigenvalue weighted by Gasteiger charge is 2.20. The van der Waals surface area contributed by atoms with E-state index in [1.807, 2.05) is 25.1 Å². The number of hydrogen-bond donors (Lipinski definition) is 1. The molecule has 0 spiro atoms. The van der Waals surface area contributed by atoms with Crippen LogP contribution in [0.25, 0.3) is 0 Å². The van der Waals surface area contributed by atoms with Gasteiger partial charge in [0.05, 0.1) is 0 Å². The average Bonchev–Trinajstić information content (AvgIpc) is 3.20. The van der Waals surface area contributed by atoms with Gasteiger partial charge in [-0.2, -0.15) is 5.26 Å². The monoisotopic (exact) mass is 308 g/mol. The van der Waals surface area contributed by atoms with Gasteiger partial charge in [-0.15, -0.1) is 0 Å². The summed E-state index contributed by atoms with van der Waals surface area (Å²) in [6.07, 6.45) is 2.89. The Kier molecular flexibility index (Phi) is 4.62. The quantitative estimate of drug-likeness (QED) is 0.876. The predicted molar refractivity (Wildman–Crippen MR) is 74.3 cm³/mol. The third kappa shape index (κ3) is 3.72. The van der Waals surface area contributed by atoms with Gasteiger partial charge < -0.3 is 10.1 Å². The Morgan fingerprint density at radius 1 is 1.56 bits per heavy atom. The molecular formula is C14H17BrN2O. The van der Waals surface area contributed by atoms with Gasteiger partial charge in [-0.25, -0.2) is 0 Å². The molecule has 0 aromatic heterocycles. The van der Waals surface area contributed by atoms with Crippen LogP contribution in [0, 0.1) is 11.3 Å². The van der Waals surface area contributed by atoms with Crippen molar-refractivity contribution in [3.63, 3.8) is 0 Å². The first-order chi connectivity index (χ1) is 8.72. The first kappa shape index (κ1) is 13.4. The minimum absolute atomic E-state index is 0.365. The first-order valence-corrected chi connectivity index (χ1v) is 7.10. The zero-order chi connectivity index (χ0) is 13.0. The molecule has 2 rings (SSSR count). The second-order valence-corrected chi connectivity index (χ2v) is 5.41. The van der Waals surface area contributed by atoms with Gasteiger partial charge in [0, 0.05) is 17.1 Å². The van der Waals surface area contributed by atoms with Gasteiger partial charge >= 0.3 is 0 Å². The molecule has 1 aromatic carbocycles. The van der Waals surface area contributed by atoms with Crippen LogP contribution in [0.5, 0.6) is 5.75 Å². The number of nitrogens with one attached hydrogen (secondary N) is 1. The molecule has 18 heavy (non-hydrogen) atoms. The zero-order valence-corrected chi connectivity index (χ0v) is 12.0. The van der Waals surface area contributed by atoms with E-state index in [2.05, 4.69) is 27.3 Å². The standard InChI is InChI=1S/C14H17BrN2O/c1-2-12(8-16)18-13-5-6-14(15)10(7-13)9-17-11-3-4-11/h5-7,11-12,17H,2-4,9H2,1H3. The predicted octanol–water partition coefficient (Wildman–Crippen LogP) is 3.38. The third-order valence-electron chi connectivity index (χ3n) is 2.97. The molecule has 0 amide bonds. The maximum atomic E-state index is 8.90. The summed E-state index contributed by atoms with van der Waals surface area (Å²) in [6, 6.07) is 8.70. The number of nitrogens with zero attached hydrogens (tertiary/aromatic N) is 1. The smallest absolute Gasteiger partial charge is 0.184 e. The summed E-state index contributed by atoms with van der Waals surface area (Å²) >= 11 is 3.54. The Balaban J connectivity index is 2.02. The second kappa shape index (κ2) is 6.21. The molecule has 0 saturated heterocycles. The fourth-order valence-electron chi connectivity index (χ4n) is 1.67. The van der Waals surface area contributed by atoms with E-state index in [0.717, 1.165) is 16.8 Å². The van der Waals surface area contributed by atoms with Crippen LogP contribution in [0.2, 0.25) is 0 Å². The highest BCUT2D eigenvalue weighted by atomic mass is 79.9. The third-order valence-corrected chi connectivity index (χ3v) is 3.74. The molecule has 0 heterocycles. The molecule has 1 aromatic rings. The minimum Gasteiger partial charge on any atom is -0.476 e. The van der Waals surface area contributed by atoms with Gasteiger partial charge in [-0.1, -0.05) is 22.9 Å². The zero-order valence-electron chi connectivity index (χ0n) is 10.4. The first-order valence-electron chi connectivity index (χ1n) is 6.31. The molecule has 96 valence electrons. The number of hydrogen-bond acceptors (Lipinski definition) is 3. The van der Waals surface area contributed by atoms with Crippen LogP contribution < -0.4 is 10.1 Å². The van der Waals surface area contributed by atoms with E-state index < -0.39 is 0 Å². The lowest BCUT2D eigenvalue weighted by Gasteiger charge is -2.13. The molecule has 1 fully saturated rings. The average molecular weight is 309 g/mol. The Morgan fingerprint density at radius 2 is 2.33 bits per heavy atom. The van der Waals surface area contributed by atoms with Gasteiger partial charge in [0.1, 0.15) is 11.8 Å². The van der Waals surface area contributed by atoms with Gasteiger partial charge in [0.25, 0.3) is 0 Å². The molecule has 1 unspecified atom stereocenters. The Morgan fingerprint density at radius 3 is 2.94 bits per heavy atom. The molecule has 0 bridgehead atoms. The van der Waals surface area contributed by atoms with Gasteiger partial charge in [0.15, 0.2) is 6.10 Å². The minimum atomic E-state index is -0.365. The van der Waals surface area contributed by atoms with Crippen molar-refractivity contribution in [1.82, 2.24) is 5.32 Å². The summed E-state index contributed by atoms with van der Waals surface area (Å²) in [6.45, 7) is 2.79. The molecule has 1 atom stereocenters. The number of benzene rings is 1. The van der Waals surface area contributed by atoms with Crippen molar-refractivity contribution in [1.29, 1.82) is 5.26 Å². The summed E-state index contributed by atoms with van der Waals surface area (Å²) < 4.78 is 6.70. The Hall–Kier alpha value is -1.05.